The van der Waals surface area contributed by atoms with Gasteiger partial charge < -0.3 is 19.6 Å². The average Bonchev–Trinajstić information content (AvgIpc) is 3.29. The number of nitrogens with one attached hydrogen (secondary N) is 2. The highest BCUT2D eigenvalue weighted by molar-refractivity contribution is 5.93. The number of aromatic amines is 1. The molecule has 0 unspecified atom stereocenters. The van der Waals surface area contributed by atoms with Gasteiger partial charge >= 0.3 is 0 Å². The predicted molar refractivity (Wildman–Crippen MR) is 118 cm³/mol. The molecule has 0 radical (unpaired) electrons. The SMILES string of the molecule is COc1cccc(-c2cc(C(=O)N[C@H](Cc3cc(=O)[nH]c(C)n3)c3ccc(F)cc3)no2)c1. The molecule has 2 aromatic carbocycles. The van der Waals surface area contributed by atoms with Crippen LogP contribution in [0.4, 0.5) is 4.39 Å². The Kier molecular flexibility index (Phi) is 6.30. The normalized spacial score (nSPS) is 11.7. The van der Waals surface area contributed by atoms with Crippen molar-refractivity contribution >= 4 is 5.91 Å². The lowest BCUT2D eigenvalue weighted by atomic mass is 10.0. The van der Waals surface area contributed by atoms with Gasteiger partial charge in [-0.2, -0.15) is 0 Å². The third kappa shape index (κ3) is 5.32. The number of carbonyl (C=O) groups excluding carboxylic acids is 1. The Bertz CT molecular complexity index is 1330. The van der Waals surface area contributed by atoms with Gasteiger partial charge in [0.1, 0.15) is 17.4 Å². The lowest BCUT2D eigenvalue weighted by molar-refractivity contribution is 0.0927. The zero-order chi connectivity index (χ0) is 23.4. The Labute approximate surface area is 188 Å². The molecule has 4 aromatic rings. The van der Waals surface area contributed by atoms with Crippen molar-refractivity contribution in [1.82, 2.24) is 20.4 Å². The molecule has 33 heavy (non-hydrogen) atoms. The van der Waals surface area contributed by atoms with Crippen molar-refractivity contribution in [3.8, 4) is 17.1 Å². The number of amides is 1. The predicted octanol–water partition coefficient (Wildman–Crippen LogP) is 3.59. The molecular weight excluding hydrogens is 427 g/mol. The smallest absolute Gasteiger partial charge is 0.273 e. The number of benzene rings is 2. The number of aryl methyl sites for hydroxylation is 1. The minimum absolute atomic E-state index is 0.0787. The van der Waals surface area contributed by atoms with E-state index in [9.17, 15) is 14.0 Å². The maximum Gasteiger partial charge on any atom is 0.273 e. The highest BCUT2D eigenvalue weighted by atomic mass is 19.1. The molecule has 168 valence electrons. The molecule has 0 aliphatic rings. The molecule has 2 heterocycles. The van der Waals surface area contributed by atoms with Gasteiger partial charge in [-0.25, -0.2) is 9.37 Å². The van der Waals surface area contributed by atoms with Crippen LogP contribution in [-0.2, 0) is 6.42 Å². The van der Waals surface area contributed by atoms with Crippen LogP contribution in [-0.4, -0.2) is 28.1 Å². The van der Waals surface area contributed by atoms with Gasteiger partial charge in [-0.15, -0.1) is 0 Å². The number of hydrogen-bond acceptors (Lipinski definition) is 6. The third-order valence-electron chi connectivity index (χ3n) is 5.00. The minimum atomic E-state index is -0.580. The zero-order valence-corrected chi connectivity index (χ0v) is 18.0. The van der Waals surface area contributed by atoms with Gasteiger partial charge in [0.15, 0.2) is 11.5 Å². The van der Waals surface area contributed by atoms with Crippen LogP contribution < -0.4 is 15.6 Å². The maximum atomic E-state index is 13.5. The fraction of sp³-hybridized carbons (Fsp3) is 0.167. The van der Waals surface area contributed by atoms with Crippen LogP contribution in [0.5, 0.6) is 5.75 Å². The summed E-state index contributed by atoms with van der Waals surface area (Å²) in [4.78, 5) is 31.7. The fourth-order valence-electron chi connectivity index (χ4n) is 3.43. The molecule has 4 rings (SSSR count). The Morgan fingerprint density at radius 2 is 1.97 bits per heavy atom. The van der Waals surface area contributed by atoms with Crippen molar-refractivity contribution in [2.24, 2.45) is 0 Å². The highest BCUT2D eigenvalue weighted by Gasteiger charge is 2.21. The van der Waals surface area contributed by atoms with Gasteiger partial charge in [0.05, 0.1) is 18.8 Å². The molecular formula is C24H21FN4O4. The Hall–Kier alpha value is -4.27. The topological polar surface area (TPSA) is 110 Å². The summed E-state index contributed by atoms with van der Waals surface area (Å²) in [6, 6.07) is 15.3. The highest BCUT2D eigenvalue weighted by Crippen LogP contribution is 2.25. The fourth-order valence-corrected chi connectivity index (χ4v) is 3.43. The second-order valence-corrected chi connectivity index (χ2v) is 7.41. The van der Waals surface area contributed by atoms with E-state index in [4.69, 9.17) is 9.26 Å². The van der Waals surface area contributed by atoms with E-state index in [0.717, 1.165) is 0 Å². The molecule has 1 amide bonds. The van der Waals surface area contributed by atoms with Crippen molar-refractivity contribution in [2.75, 3.05) is 7.11 Å². The average molecular weight is 448 g/mol. The standard InChI is InChI=1S/C24H21FN4O4/c1-14-26-18(12-23(30)27-14)11-20(15-6-8-17(25)9-7-15)28-24(31)21-13-22(33-29-21)16-4-3-5-19(10-16)32-2/h3-10,12-13,20H,11H2,1-2H3,(H,28,31)(H,26,27,30)/t20-/m1/s1. The summed E-state index contributed by atoms with van der Waals surface area (Å²) < 4.78 is 24.0. The number of hydrogen-bond donors (Lipinski definition) is 2. The van der Waals surface area contributed by atoms with E-state index in [1.165, 1.54) is 24.3 Å². The first-order valence-electron chi connectivity index (χ1n) is 10.2. The quantitative estimate of drug-likeness (QED) is 0.447. The molecule has 0 fully saturated rings. The summed E-state index contributed by atoms with van der Waals surface area (Å²) in [7, 11) is 1.56. The van der Waals surface area contributed by atoms with Crippen LogP contribution in [0.15, 0.2) is 70.0 Å². The van der Waals surface area contributed by atoms with E-state index in [1.807, 2.05) is 6.07 Å². The van der Waals surface area contributed by atoms with E-state index in [-0.39, 0.29) is 17.7 Å². The molecule has 0 saturated heterocycles. The first-order valence-corrected chi connectivity index (χ1v) is 10.2. The lowest BCUT2D eigenvalue weighted by Gasteiger charge is -2.18. The summed E-state index contributed by atoms with van der Waals surface area (Å²) in [5.41, 5.74) is 1.64. The molecule has 0 bridgehead atoms. The van der Waals surface area contributed by atoms with Crippen LogP contribution in [0.1, 0.15) is 33.6 Å². The van der Waals surface area contributed by atoms with Crippen LogP contribution >= 0.6 is 0 Å². The summed E-state index contributed by atoms with van der Waals surface area (Å²) in [6.45, 7) is 1.67. The molecule has 8 nitrogen and oxygen atoms in total. The number of ether oxygens (including phenoxy) is 1. The molecule has 9 heteroatoms. The summed E-state index contributed by atoms with van der Waals surface area (Å²) in [5.74, 6) is 0.634. The van der Waals surface area contributed by atoms with Crippen molar-refractivity contribution in [2.45, 2.75) is 19.4 Å². The summed E-state index contributed by atoms with van der Waals surface area (Å²) >= 11 is 0. The second-order valence-electron chi connectivity index (χ2n) is 7.41. The molecule has 2 aromatic heterocycles. The maximum absolute atomic E-state index is 13.5. The lowest BCUT2D eigenvalue weighted by Crippen LogP contribution is -2.31. The Morgan fingerprint density at radius 3 is 2.70 bits per heavy atom. The number of rotatable bonds is 7. The molecule has 0 aliphatic heterocycles. The second kappa shape index (κ2) is 9.47. The third-order valence-corrected chi connectivity index (χ3v) is 5.00. The van der Waals surface area contributed by atoms with Crippen molar-refractivity contribution in [1.29, 1.82) is 0 Å². The van der Waals surface area contributed by atoms with E-state index in [2.05, 4.69) is 20.4 Å². The van der Waals surface area contributed by atoms with E-state index >= 15 is 0 Å². The van der Waals surface area contributed by atoms with Crippen molar-refractivity contribution in [3.63, 3.8) is 0 Å². The Balaban J connectivity index is 1.59. The number of halogens is 1. The zero-order valence-electron chi connectivity index (χ0n) is 18.0. The van der Waals surface area contributed by atoms with E-state index < -0.39 is 17.8 Å². The summed E-state index contributed by atoms with van der Waals surface area (Å²) in [6.07, 6.45) is 0.225. The minimum Gasteiger partial charge on any atom is -0.497 e. The first kappa shape index (κ1) is 21.9. The van der Waals surface area contributed by atoms with Crippen molar-refractivity contribution < 1.29 is 18.4 Å². The molecule has 2 N–H and O–H groups in total. The number of carbonyl (C=O) groups is 1. The number of aromatic nitrogens is 3. The molecule has 1 atom stereocenters. The van der Waals surface area contributed by atoms with Crippen LogP contribution in [0, 0.1) is 12.7 Å². The van der Waals surface area contributed by atoms with E-state index in [0.29, 0.717) is 34.2 Å². The van der Waals surface area contributed by atoms with Crippen molar-refractivity contribution in [3.05, 3.63) is 99.6 Å². The summed E-state index contributed by atoms with van der Waals surface area (Å²) in [5, 5.41) is 6.77. The number of nitrogens with zero attached hydrogens (tertiary/aromatic N) is 2. The first-order chi connectivity index (χ1) is 15.9. The van der Waals surface area contributed by atoms with Crippen LogP contribution in [0.2, 0.25) is 0 Å². The molecule has 0 spiro atoms. The van der Waals surface area contributed by atoms with Crippen LogP contribution in [0.25, 0.3) is 11.3 Å². The van der Waals surface area contributed by atoms with Gasteiger partial charge in [0, 0.05) is 24.1 Å². The van der Waals surface area contributed by atoms with Gasteiger partial charge in [-0.05, 0) is 36.8 Å². The van der Waals surface area contributed by atoms with Gasteiger partial charge in [0.25, 0.3) is 11.5 Å². The Morgan fingerprint density at radius 1 is 1.18 bits per heavy atom. The molecule has 0 saturated carbocycles. The van der Waals surface area contributed by atoms with Crippen LogP contribution in [0.3, 0.4) is 0 Å². The molecule has 0 aliphatic carbocycles. The number of methoxy groups -OCH3 is 1. The van der Waals surface area contributed by atoms with Gasteiger partial charge in [-0.3, -0.25) is 9.59 Å². The monoisotopic (exact) mass is 448 g/mol. The largest absolute Gasteiger partial charge is 0.497 e. The van der Waals surface area contributed by atoms with Gasteiger partial charge in [0.2, 0.25) is 0 Å². The van der Waals surface area contributed by atoms with Gasteiger partial charge in [-0.1, -0.05) is 29.4 Å². The number of H-pyrrole nitrogens is 1. The van der Waals surface area contributed by atoms with E-state index in [1.54, 1.807) is 44.4 Å².